The second kappa shape index (κ2) is 6.32. The minimum absolute atomic E-state index is 0.257. The number of rotatable bonds is 4. The van der Waals surface area contributed by atoms with E-state index in [0.29, 0.717) is 25.0 Å². The summed E-state index contributed by atoms with van der Waals surface area (Å²) in [5.41, 5.74) is 3.25. The van der Waals surface area contributed by atoms with Crippen molar-refractivity contribution in [3.05, 3.63) is 59.7 Å². The molecule has 0 bridgehead atoms. The zero-order valence-corrected chi connectivity index (χ0v) is 13.9. The van der Waals surface area contributed by atoms with Gasteiger partial charge in [-0.3, -0.25) is 19.7 Å². The van der Waals surface area contributed by atoms with Crippen LogP contribution in [-0.4, -0.2) is 44.3 Å². The molecule has 5 nitrogen and oxygen atoms in total. The van der Waals surface area contributed by atoms with Gasteiger partial charge in [-0.2, -0.15) is 0 Å². The molecule has 24 heavy (non-hydrogen) atoms. The third-order valence-electron chi connectivity index (χ3n) is 5.14. The normalized spacial score (nSPS) is 23.7. The molecule has 0 aromatic carbocycles. The first-order valence-corrected chi connectivity index (χ1v) is 8.55. The summed E-state index contributed by atoms with van der Waals surface area (Å²) in [6.07, 6.45) is 5.34. The Balaban J connectivity index is 1.47. The number of aromatic nitrogens is 2. The van der Waals surface area contributed by atoms with E-state index in [1.807, 2.05) is 42.4 Å². The molecule has 5 heteroatoms. The van der Waals surface area contributed by atoms with Crippen molar-refractivity contribution in [3.8, 4) is 0 Å². The molecule has 0 saturated carbocycles. The third kappa shape index (κ3) is 2.91. The smallest absolute Gasteiger partial charge is 0.224 e. The van der Waals surface area contributed by atoms with Crippen LogP contribution in [-0.2, 0) is 17.9 Å². The highest BCUT2D eigenvalue weighted by Crippen LogP contribution is 2.34. The molecule has 2 aliphatic heterocycles. The fraction of sp³-hybridized carbons (Fsp3) is 0.421. The topological polar surface area (TPSA) is 49.3 Å². The zero-order valence-electron chi connectivity index (χ0n) is 13.9. The Bertz CT molecular complexity index is 733. The van der Waals surface area contributed by atoms with Gasteiger partial charge >= 0.3 is 0 Å². The summed E-state index contributed by atoms with van der Waals surface area (Å²) >= 11 is 0. The quantitative estimate of drug-likeness (QED) is 0.865. The number of nitrogens with zero attached hydrogens (tertiary/aromatic N) is 4. The second-order valence-corrected chi connectivity index (χ2v) is 6.75. The number of aryl methyl sites for hydroxylation is 1. The summed E-state index contributed by atoms with van der Waals surface area (Å²) in [4.78, 5) is 25.7. The Kier molecular flexibility index (Phi) is 4.02. The number of hydrogen-bond donors (Lipinski definition) is 0. The van der Waals surface area contributed by atoms with Gasteiger partial charge in [-0.15, -0.1) is 0 Å². The molecule has 4 rings (SSSR count). The van der Waals surface area contributed by atoms with E-state index < -0.39 is 0 Å². The van der Waals surface area contributed by atoms with Crippen LogP contribution in [0.4, 0.5) is 0 Å². The lowest BCUT2D eigenvalue weighted by molar-refractivity contribution is -0.129. The molecule has 2 atom stereocenters. The van der Waals surface area contributed by atoms with Gasteiger partial charge < -0.3 is 4.90 Å². The first kappa shape index (κ1) is 15.3. The van der Waals surface area contributed by atoms with Crippen LogP contribution in [0.3, 0.4) is 0 Å². The second-order valence-electron chi connectivity index (χ2n) is 6.75. The van der Waals surface area contributed by atoms with Gasteiger partial charge in [-0.1, -0.05) is 6.07 Å². The molecule has 124 valence electrons. The Hall–Kier alpha value is -2.27. The molecule has 2 fully saturated rings. The van der Waals surface area contributed by atoms with Gasteiger partial charge in [-0.05, 0) is 43.2 Å². The average molecular weight is 322 g/mol. The van der Waals surface area contributed by atoms with Crippen LogP contribution < -0.4 is 0 Å². The van der Waals surface area contributed by atoms with E-state index >= 15 is 0 Å². The molecule has 1 amide bonds. The molecule has 2 saturated heterocycles. The predicted octanol–water partition coefficient (Wildman–Crippen LogP) is 2.16. The molecule has 2 aromatic heterocycles. The van der Waals surface area contributed by atoms with E-state index in [-0.39, 0.29) is 5.91 Å². The van der Waals surface area contributed by atoms with Crippen molar-refractivity contribution in [2.45, 2.75) is 44.9 Å². The monoisotopic (exact) mass is 322 g/mol. The molecular formula is C19H22N4O. The Morgan fingerprint density at radius 3 is 2.75 bits per heavy atom. The van der Waals surface area contributed by atoms with Crippen molar-refractivity contribution in [2.24, 2.45) is 0 Å². The molecule has 0 spiro atoms. The lowest BCUT2D eigenvalue weighted by atomic mass is 10.1. The third-order valence-corrected chi connectivity index (χ3v) is 5.14. The maximum atomic E-state index is 12.5. The van der Waals surface area contributed by atoms with Crippen LogP contribution in [0.1, 0.15) is 29.8 Å². The summed E-state index contributed by atoms with van der Waals surface area (Å²) in [6, 6.07) is 10.8. The Labute approximate surface area is 142 Å². The summed E-state index contributed by atoms with van der Waals surface area (Å²) in [5, 5.41) is 0. The van der Waals surface area contributed by atoms with Crippen molar-refractivity contribution in [1.29, 1.82) is 0 Å². The van der Waals surface area contributed by atoms with Crippen LogP contribution in [0.25, 0.3) is 0 Å². The average Bonchev–Trinajstić information content (AvgIpc) is 3.09. The van der Waals surface area contributed by atoms with Crippen molar-refractivity contribution < 1.29 is 4.79 Å². The summed E-state index contributed by atoms with van der Waals surface area (Å²) in [6.45, 7) is 4.56. The van der Waals surface area contributed by atoms with Crippen molar-refractivity contribution in [3.63, 3.8) is 0 Å². The summed E-state index contributed by atoms with van der Waals surface area (Å²) < 4.78 is 0. The molecule has 0 unspecified atom stereocenters. The van der Waals surface area contributed by atoms with Crippen LogP contribution in [0.5, 0.6) is 0 Å². The number of fused-ring (bicyclic) bond motifs is 1. The zero-order chi connectivity index (χ0) is 16.5. The Morgan fingerprint density at radius 1 is 1.12 bits per heavy atom. The van der Waals surface area contributed by atoms with Crippen molar-refractivity contribution in [2.75, 3.05) is 6.54 Å². The number of hydrogen-bond acceptors (Lipinski definition) is 4. The Morgan fingerprint density at radius 2 is 1.96 bits per heavy atom. The van der Waals surface area contributed by atoms with Crippen molar-refractivity contribution >= 4 is 5.91 Å². The highest BCUT2D eigenvalue weighted by molar-refractivity contribution is 5.80. The van der Waals surface area contributed by atoms with Gasteiger partial charge in [0.1, 0.15) is 0 Å². The van der Waals surface area contributed by atoms with Gasteiger partial charge in [0.2, 0.25) is 5.91 Å². The molecule has 2 aromatic rings. The van der Waals surface area contributed by atoms with Gasteiger partial charge in [0.05, 0.1) is 12.2 Å². The number of likely N-dealkylation sites (tertiary alicyclic amines) is 2. The van der Waals surface area contributed by atoms with E-state index in [0.717, 1.165) is 30.9 Å². The molecular weight excluding hydrogens is 300 g/mol. The highest BCUT2D eigenvalue weighted by atomic mass is 16.2. The van der Waals surface area contributed by atoms with E-state index in [4.69, 9.17) is 0 Å². The van der Waals surface area contributed by atoms with Crippen LogP contribution in [0, 0.1) is 6.92 Å². The van der Waals surface area contributed by atoms with E-state index in [1.165, 1.54) is 5.56 Å². The summed E-state index contributed by atoms with van der Waals surface area (Å²) in [7, 11) is 0. The highest BCUT2D eigenvalue weighted by Gasteiger charge is 2.46. The SMILES string of the molecule is Cc1cccc(CN2C(=O)C[C@H]3[C@H]2CCN3Cc2ccncc2)n1. The number of amides is 1. The molecule has 0 aliphatic carbocycles. The molecule has 0 N–H and O–H groups in total. The predicted molar refractivity (Wildman–Crippen MR) is 91.0 cm³/mol. The maximum absolute atomic E-state index is 12.5. The van der Waals surface area contributed by atoms with Gasteiger partial charge in [0, 0.05) is 49.7 Å². The lowest BCUT2D eigenvalue weighted by Crippen LogP contribution is -2.36. The number of pyridine rings is 2. The largest absolute Gasteiger partial charge is 0.332 e. The van der Waals surface area contributed by atoms with Crippen LogP contribution in [0.2, 0.25) is 0 Å². The van der Waals surface area contributed by atoms with E-state index in [9.17, 15) is 4.79 Å². The van der Waals surface area contributed by atoms with E-state index in [1.54, 1.807) is 0 Å². The number of carbonyl (C=O) groups excluding carboxylic acids is 1. The maximum Gasteiger partial charge on any atom is 0.224 e. The first-order chi connectivity index (χ1) is 11.7. The van der Waals surface area contributed by atoms with Crippen molar-refractivity contribution in [1.82, 2.24) is 19.8 Å². The van der Waals surface area contributed by atoms with Crippen LogP contribution >= 0.6 is 0 Å². The lowest BCUT2D eigenvalue weighted by Gasteiger charge is -2.25. The first-order valence-electron chi connectivity index (χ1n) is 8.55. The van der Waals surface area contributed by atoms with Gasteiger partial charge in [-0.25, -0.2) is 0 Å². The molecule has 0 radical (unpaired) electrons. The van der Waals surface area contributed by atoms with Gasteiger partial charge in [0.25, 0.3) is 0 Å². The number of carbonyl (C=O) groups is 1. The fourth-order valence-corrected chi connectivity index (χ4v) is 4.00. The van der Waals surface area contributed by atoms with E-state index in [2.05, 4.69) is 27.0 Å². The molecule has 4 heterocycles. The molecule has 2 aliphatic rings. The fourth-order valence-electron chi connectivity index (χ4n) is 4.00. The summed E-state index contributed by atoms with van der Waals surface area (Å²) in [5.74, 6) is 0.257. The van der Waals surface area contributed by atoms with Gasteiger partial charge in [0.15, 0.2) is 0 Å². The minimum atomic E-state index is 0.257. The van der Waals surface area contributed by atoms with Crippen LogP contribution in [0.15, 0.2) is 42.7 Å². The standard InChI is InChI=1S/C19H22N4O/c1-14-3-2-4-16(21-14)13-23-17-7-10-22(18(17)11-19(23)24)12-15-5-8-20-9-6-15/h2-6,8-9,17-18H,7,10-13H2,1H3/t17-,18+/m1/s1. The minimum Gasteiger partial charge on any atom is -0.332 e.